The first-order valence-electron chi connectivity index (χ1n) is 6.89. The van der Waals surface area contributed by atoms with E-state index in [4.69, 9.17) is 0 Å². The van der Waals surface area contributed by atoms with Crippen molar-refractivity contribution in [3.8, 4) is 5.75 Å². The highest BCUT2D eigenvalue weighted by Crippen LogP contribution is 2.32. The average Bonchev–Trinajstić information content (AvgIpc) is 2.44. The van der Waals surface area contributed by atoms with Gasteiger partial charge in [-0.3, -0.25) is 0 Å². The Labute approximate surface area is 125 Å². The first kappa shape index (κ1) is 14.8. The lowest BCUT2D eigenvalue weighted by molar-refractivity contribution is 0.465. The van der Waals surface area contributed by atoms with Gasteiger partial charge in [0.25, 0.3) is 0 Å². The van der Waals surface area contributed by atoms with Crippen LogP contribution in [0.3, 0.4) is 0 Å². The quantitative estimate of drug-likeness (QED) is 0.760. The van der Waals surface area contributed by atoms with E-state index in [1.165, 1.54) is 4.90 Å². The van der Waals surface area contributed by atoms with Gasteiger partial charge in [0.15, 0.2) is 0 Å². The molecule has 0 amide bonds. The number of rotatable bonds is 5. The zero-order valence-electron chi connectivity index (χ0n) is 12.2. The fourth-order valence-corrected chi connectivity index (χ4v) is 2.97. The molecule has 106 valence electrons. The number of aryl methyl sites for hydroxylation is 1. The monoisotopic (exact) mass is 287 g/mol. The van der Waals surface area contributed by atoms with E-state index >= 15 is 0 Å². The smallest absolute Gasteiger partial charge is 0.120 e. The van der Waals surface area contributed by atoms with E-state index in [1.54, 1.807) is 6.07 Å². The van der Waals surface area contributed by atoms with Crippen molar-refractivity contribution in [1.29, 1.82) is 0 Å². The Morgan fingerprint density at radius 3 is 2.70 bits per heavy atom. The molecule has 0 aliphatic carbocycles. The van der Waals surface area contributed by atoms with E-state index in [2.05, 4.69) is 37.4 Å². The molecule has 0 saturated heterocycles. The van der Waals surface area contributed by atoms with Gasteiger partial charge in [0.1, 0.15) is 5.75 Å². The fourth-order valence-electron chi connectivity index (χ4n) is 2.20. The summed E-state index contributed by atoms with van der Waals surface area (Å²) >= 11 is 1.82. The van der Waals surface area contributed by atoms with Crippen LogP contribution in [0.1, 0.15) is 31.0 Å². The number of benzene rings is 2. The van der Waals surface area contributed by atoms with Crippen LogP contribution < -0.4 is 5.32 Å². The Bertz CT molecular complexity index is 583. The Hall–Kier alpha value is -1.61. The molecule has 3 heteroatoms. The molecule has 2 nitrogen and oxygen atoms in total. The Balaban J connectivity index is 2.23. The summed E-state index contributed by atoms with van der Waals surface area (Å²) in [4.78, 5) is 1.24. The van der Waals surface area contributed by atoms with Crippen LogP contribution in [0, 0.1) is 6.92 Å². The summed E-state index contributed by atoms with van der Waals surface area (Å²) in [6, 6.07) is 14.1. The molecule has 2 aromatic rings. The van der Waals surface area contributed by atoms with Gasteiger partial charge < -0.3 is 10.4 Å². The van der Waals surface area contributed by atoms with Gasteiger partial charge in [-0.25, -0.2) is 0 Å². The summed E-state index contributed by atoms with van der Waals surface area (Å²) < 4.78 is 0. The summed E-state index contributed by atoms with van der Waals surface area (Å²) in [5.41, 5.74) is 3.21. The molecule has 0 radical (unpaired) electrons. The maximum absolute atomic E-state index is 10.0. The van der Waals surface area contributed by atoms with E-state index in [0.717, 1.165) is 22.6 Å². The molecule has 2 rings (SSSR count). The number of para-hydroxylation sites is 1. The molecule has 0 aliphatic rings. The second-order valence-corrected chi connectivity index (χ2v) is 6.16. The molecule has 0 heterocycles. The van der Waals surface area contributed by atoms with Crippen molar-refractivity contribution in [2.24, 2.45) is 0 Å². The van der Waals surface area contributed by atoms with Crippen LogP contribution in [0.5, 0.6) is 5.75 Å². The van der Waals surface area contributed by atoms with Crippen molar-refractivity contribution in [2.75, 3.05) is 11.1 Å². The van der Waals surface area contributed by atoms with E-state index in [9.17, 15) is 5.11 Å². The van der Waals surface area contributed by atoms with Crippen molar-refractivity contribution < 1.29 is 5.11 Å². The molecule has 0 aromatic heterocycles. The van der Waals surface area contributed by atoms with Crippen molar-refractivity contribution in [2.45, 2.75) is 31.7 Å². The van der Waals surface area contributed by atoms with Gasteiger partial charge in [-0.15, -0.1) is 11.8 Å². The second-order valence-electron chi connectivity index (χ2n) is 4.86. The molecule has 0 bridgehead atoms. The molecule has 0 aliphatic heterocycles. The minimum Gasteiger partial charge on any atom is -0.508 e. The number of thioether (sulfide) groups is 1. The standard InChI is InChI=1S/C17H21NOS/c1-4-20-17-8-6-5-7-15(17)18-13(3)14-11-12(2)9-10-16(14)19/h5-11,13,18-19H,4H2,1-3H3. The van der Waals surface area contributed by atoms with Gasteiger partial charge in [-0.05, 0) is 37.8 Å². The predicted molar refractivity (Wildman–Crippen MR) is 87.7 cm³/mol. The molecular weight excluding hydrogens is 266 g/mol. The molecule has 2 aromatic carbocycles. The number of aromatic hydroxyl groups is 1. The largest absolute Gasteiger partial charge is 0.508 e. The highest BCUT2D eigenvalue weighted by atomic mass is 32.2. The molecule has 2 N–H and O–H groups in total. The van der Waals surface area contributed by atoms with Crippen molar-refractivity contribution >= 4 is 17.4 Å². The topological polar surface area (TPSA) is 32.3 Å². The molecule has 0 saturated carbocycles. The van der Waals surface area contributed by atoms with Gasteiger partial charge in [0.2, 0.25) is 0 Å². The van der Waals surface area contributed by atoms with Crippen LogP contribution in [0.4, 0.5) is 5.69 Å². The van der Waals surface area contributed by atoms with E-state index in [0.29, 0.717) is 5.75 Å². The van der Waals surface area contributed by atoms with Gasteiger partial charge in [-0.2, -0.15) is 0 Å². The van der Waals surface area contributed by atoms with Crippen LogP contribution in [-0.2, 0) is 0 Å². The predicted octanol–water partition coefficient (Wildman–Crippen LogP) is 4.99. The van der Waals surface area contributed by atoms with Crippen LogP contribution in [0.25, 0.3) is 0 Å². The van der Waals surface area contributed by atoms with E-state index < -0.39 is 0 Å². The fraction of sp³-hybridized carbons (Fsp3) is 0.294. The van der Waals surface area contributed by atoms with Crippen LogP contribution in [-0.4, -0.2) is 10.9 Å². The molecule has 20 heavy (non-hydrogen) atoms. The SMILES string of the molecule is CCSc1ccccc1NC(C)c1cc(C)ccc1O. The maximum Gasteiger partial charge on any atom is 0.120 e. The molecule has 1 unspecified atom stereocenters. The number of phenols is 1. The molecule has 1 atom stereocenters. The normalized spacial score (nSPS) is 12.2. The van der Waals surface area contributed by atoms with Crippen molar-refractivity contribution in [3.63, 3.8) is 0 Å². The van der Waals surface area contributed by atoms with Crippen LogP contribution >= 0.6 is 11.8 Å². The summed E-state index contributed by atoms with van der Waals surface area (Å²) in [7, 11) is 0. The molecule has 0 spiro atoms. The third-order valence-corrected chi connectivity index (χ3v) is 4.16. The van der Waals surface area contributed by atoms with Crippen LogP contribution in [0.2, 0.25) is 0 Å². The van der Waals surface area contributed by atoms with Crippen molar-refractivity contribution in [1.82, 2.24) is 0 Å². The minimum atomic E-state index is 0.0634. The summed E-state index contributed by atoms with van der Waals surface area (Å²) in [5.74, 6) is 1.39. The van der Waals surface area contributed by atoms with E-state index in [-0.39, 0.29) is 6.04 Å². The zero-order chi connectivity index (χ0) is 14.5. The number of phenolic OH excluding ortho intramolecular Hbond substituents is 1. The third kappa shape index (κ3) is 3.48. The van der Waals surface area contributed by atoms with Crippen LogP contribution in [0.15, 0.2) is 47.4 Å². The van der Waals surface area contributed by atoms with E-state index in [1.807, 2.05) is 36.9 Å². The average molecular weight is 287 g/mol. The molecule has 0 fully saturated rings. The summed E-state index contributed by atoms with van der Waals surface area (Å²) in [6.45, 7) is 6.26. The lowest BCUT2D eigenvalue weighted by Gasteiger charge is -2.19. The number of nitrogens with one attached hydrogen (secondary N) is 1. The highest BCUT2D eigenvalue weighted by molar-refractivity contribution is 7.99. The lowest BCUT2D eigenvalue weighted by Crippen LogP contribution is -2.08. The molecular formula is C17H21NOS. The number of hydrogen-bond donors (Lipinski definition) is 2. The maximum atomic E-state index is 10.0. The van der Waals surface area contributed by atoms with Gasteiger partial charge in [0, 0.05) is 16.1 Å². The number of anilines is 1. The van der Waals surface area contributed by atoms with Crippen molar-refractivity contribution in [3.05, 3.63) is 53.6 Å². The summed E-state index contributed by atoms with van der Waals surface area (Å²) in [6.07, 6.45) is 0. The first-order valence-corrected chi connectivity index (χ1v) is 7.88. The Morgan fingerprint density at radius 2 is 1.95 bits per heavy atom. The zero-order valence-corrected chi connectivity index (χ0v) is 13.0. The van der Waals surface area contributed by atoms with Gasteiger partial charge >= 0.3 is 0 Å². The second kappa shape index (κ2) is 6.71. The lowest BCUT2D eigenvalue weighted by atomic mass is 10.0. The highest BCUT2D eigenvalue weighted by Gasteiger charge is 2.12. The minimum absolute atomic E-state index is 0.0634. The third-order valence-electron chi connectivity index (χ3n) is 3.21. The Morgan fingerprint density at radius 1 is 1.20 bits per heavy atom. The Kier molecular flexibility index (Phi) is 4.96. The summed E-state index contributed by atoms with van der Waals surface area (Å²) in [5, 5.41) is 13.5. The van der Waals surface area contributed by atoms with Gasteiger partial charge in [-0.1, -0.05) is 36.8 Å². The first-order chi connectivity index (χ1) is 9.61. The number of hydrogen-bond acceptors (Lipinski definition) is 3. The van der Waals surface area contributed by atoms with Gasteiger partial charge in [0.05, 0.1) is 6.04 Å².